The summed E-state index contributed by atoms with van der Waals surface area (Å²) >= 11 is 11.7. The van der Waals surface area contributed by atoms with Crippen LogP contribution in [0.1, 0.15) is 15.9 Å². The highest BCUT2D eigenvalue weighted by Gasteiger charge is 2.36. The molecule has 10 heteroatoms. The van der Waals surface area contributed by atoms with Crippen molar-refractivity contribution in [3.8, 4) is 5.75 Å². The zero-order valence-corrected chi connectivity index (χ0v) is 14.2. The van der Waals surface area contributed by atoms with Gasteiger partial charge in [-0.2, -0.15) is 13.2 Å². The Labute approximate surface area is 155 Å². The number of phenols is 1. The van der Waals surface area contributed by atoms with Crippen LogP contribution in [0.4, 0.5) is 18.9 Å². The highest BCUT2D eigenvalue weighted by molar-refractivity contribution is 6.39. The predicted octanol–water partition coefficient (Wildman–Crippen LogP) is 4.51. The molecule has 26 heavy (non-hydrogen) atoms. The zero-order chi connectivity index (χ0) is 19.5. The van der Waals surface area contributed by atoms with Crippen molar-refractivity contribution in [2.24, 2.45) is 0 Å². The molecule has 0 aliphatic rings. The third-order valence-corrected chi connectivity index (χ3v) is 3.72. The van der Waals surface area contributed by atoms with Gasteiger partial charge in [-0.25, -0.2) is 4.79 Å². The van der Waals surface area contributed by atoms with E-state index in [-0.39, 0.29) is 15.7 Å². The summed E-state index contributed by atoms with van der Waals surface area (Å²) in [4.78, 5) is 23.7. The van der Waals surface area contributed by atoms with E-state index in [4.69, 9.17) is 23.2 Å². The van der Waals surface area contributed by atoms with E-state index in [1.165, 1.54) is 12.1 Å². The van der Waals surface area contributed by atoms with E-state index in [0.717, 1.165) is 6.07 Å². The molecule has 0 bridgehead atoms. The third-order valence-electron chi connectivity index (χ3n) is 3.09. The summed E-state index contributed by atoms with van der Waals surface area (Å²) in [6.07, 6.45) is -4.84. The molecule has 2 rings (SSSR count). The minimum atomic E-state index is -4.84. The lowest BCUT2D eigenvalue weighted by Gasteiger charge is -2.13. The number of carbonyl (C=O) groups excluding carboxylic acids is 2. The number of alkyl halides is 3. The van der Waals surface area contributed by atoms with E-state index in [1.807, 2.05) is 0 Å². The van der Waals surface area contributed by atoms with Crippen LogP contribution in [0.25, 0.3) is 0 Å². The average Bonchev–Trinajstić information content (AvgIpc) is 2.55. The van der Waals surface area contributed by atoms with Crippen molar-refractivity contribution in [1.29, 1.82) is 0 Å². The molecule has 0 heterocycles. The number of esters is 1. The summed E-state index contributed by atoms with van der Waals surface area (Å²) in [7, 11) is 0. The molecule has 2 aromatic rings. The van der Waals surface area contributed by atoms with Gasteiger partial charge >= 0.3 is 12.1 Å². The number of phenolic OH excluding ortho intramolecular Hbond substituents is 1. The lowest BCUT2D eigenvalue weighted by atomic mass is 10.1. The number of aromatic hydroxyl groups is 1. The first kappa shape index (κ1) is 19.9. The molecule has 0 saturated heterocycles. The van der Waals surface area contributed by atoms with Crippen LogP contribution in [0.5, 0.6) is 5.75 Å². The summed E-state index contributed by atoms with van der Waals surface area (Å²) in [5.74, 6) is -2.84. The monoisotopic (exact) mass is 407 g/mol. The normalized spacial score (nSPS) is 11.1. The van der Waals surface area contributed by atoms with Gasteiger partial charge in [0.1, 0.15) is 5.75 Å². The predicted molar refractivity (Wildman–Crippen MR) is 88.5 cm³/mol. The standard InChI is InChI=1S/C16H10Cl2F3NO4/c17-11-2-1-3-12(18)14(11)22-13(24)7-26-15(25)9-6-8(23)4-5-10(9)16(19,20)21/h1-6,23H,7H2,(H,22,24). The molecule has 0 atom stereocenters. The molecular weight excluding hydrogens is 398 g/mol. The van der Waals surface area contributed by atoms with Gasteiger partial charge in [-0.3, -0.25) is 4.79 Å². The first-order valence-electron chi connectivity index (χ1n) is 6.91. The van der Waals surface area contributed by atoms with Gasteiger partial charge in [0.2, 0.25) is 0 Å². The van der Waals surface area contributed by atoms with Crippen LogP contribution >= 0.6 is 23.2 Å². The second-order valence-corrected chi connectivity index (χ2v) is 5.76. The Morgan fingerprint density at radius 3 is 2.31 bits per heavy atom. The Bertz CT molecular complexity index is 836. The molecule has 1 amide bonds. The molecule has 5 nitrogen and oxygen atoms in total. The number of anilines is 1. The van der Waals surface area contributed by atoms with Gasteiger partial charge in [-0.15, -0.1) is 0 Å². The summed E-state index contributed by atoms with van der Waals surface area (Å²) < 4.78 is 43.3. The molecule has 0 aliphatic heterocycles. The molecule has 0 fully saturated rings. The van der Waals surface area contributed by atoms with Crippen molar-refractivity contribution < 1.29 is 32.6 Å². The lowest BCUT2D eigenvalue weighted by molar-refractivity contribution is -0.138. The minimum absolute atomic E-state index is 0.0743. The number of para-hydroxylation sites is 1. The smallest absolute Gasteiger partial charge is 0.417 e. The third kappa shape index (κ3) is 4.80. The molecule has 0 radical (unpaired) electrons. The summed E-state index contributed by atoms with van der Waals surface area (Å²) in [5, 5.41) is 11.8. The zero-order valence-electron chi connectivity index (χ0n) is 12.7. The summed E-state index contributed by atoms with van der Waals surface area (Å²) in [6.45, 7) is -0.882. The fourth-order valence-corrected chi connectivity index (χ4v) is 2.44. The number of hydrogen-bond donors (Lipinski definition) is 2. The Balaban J connectivity index is 2.10. The Morgan fingerprint density at radius 2 is 1.73 bits per heavy atom. The quantitative estimate of drug-likeness (QED) is 0.730. The number of amides is 1. The van der Waals surface area contributed by atoms with E-state index < -0.39 is 41.5 Å². The maximum Gasteiger partial charge on any atom is 0.417 e. The first-order chi connectivity index (χ1) is 12.1. The van der Waals surface area contributed by atoms with Crippen molar-refractivity contribution in [3.63, 3.8) is 0 Å². The molecule has 0 spiro atoms. The number of hydrogen-bond acceptors (Lipinski definition) is 4. The van der Waals surface area contributed by atoms with E-state index in [0.29, 0.717) is 12.1 Å². The highest BCUT2D eigenvalue weighted by Crippen LogP contribution is 2.34. The van der Waals surface area contributed by atoms with Gasteiger partial charge in [-0.1, -0.05) is 29.3 Å². The Hall–Kier alpha value is -2.45. The maximum atomic E-state index is 12.9. The van der Waals surface area contributed by atoms with E-state index in [1.54, 1.807) is 6.07 Å². The van der Waals surface area contributed by atoms with Crippen LogP contribution in [-0.4, -0.2) is 23.6 Å². The molecule has 0 unspecified atom stereocenters. The average molecular weight is 408 g/mol. The lowest BCUT2D eigenvalue weighted by Crippen LogP contribution is -2.22. The fraction of sp³-hybridized carbons (Fsp3) is 0.125. The second kappa shape index (κ2) is 7.84. The molecule has 0 saturated carbocycles. The van der Waals surface area contributed by atoms with Gasteiger partial charge in [0.05, 0.1) is 26.9 Å². The van der Waals surface area contributed by atoms with Gasteiger partial charge in [0.25, 0.3) is 5.91 Å². The molecule has 0 aliphatic carbocycles. The van der Waals surface area contributed by atoms with E-state index in [9.17, 15) is 27.9 Å². The Kier molecular flexibility index (Phi) is 5.99. The fourth-order valence-electron chi connectivity index (χ4n) is 1.95. The second-order valence-electron chi connectivity index (χ2n) is 4.95. The minimum Gasteiger partial charge on any atom is -0.508 e. The molecule has 0 aromatic heterocycles. The highest BCUT2D eigenvalue weighted by atomic mass is 35.5. The molecule has 2 aromatic carbocycles. The van der Waals surface area contributed by atoms with Crippen molar-refractivity contribution in [1.82, 2.24) is 0 Å². The molecule has 2 N–H and O–H groups in total. The SMILES string of the molecule is O=C(COC(=O)c1cc(O)ccc1C(F)(F)F)Nc1c(Cl)cccc1Cl. The number of ether oxygens (including phenoxy) is 1. The molecule has 138 valence electrons. The van der Waals surface area contributed by atoms with Gasteiger partial charge in [0.15, 0.2) is 6.61 Å². The summed E-state index contributed by atoms with van der Waals surface area (Å²) in [6, 6.07) is 6.38. The van der Waals surface area contributed by atoms with E-state index in [2.05, 4.69) is 10.1 Å². The maximum absolute atomic E-state index is 12.9. The van der Waals surface area contributed by atoms with Gasteiger partial charge in [0, 0.05) is 0 Å². The van der Waals surface area contributed by atoms with Crippen LogP contribution in [0.2, 0.25) is 10.0 Å². The summed E-state index contributed by atoms with van der Waals surface area (Å²) in [5.41, 5.74) is -2.14. The van der Waals surface area contributed by atoms with Crippen LogP contribution in [-0.2, 0) is 15.7 Å². The largest absolute Gasteiger partial charge is 0.508 e. The van der Waals surface area contributed by atoms with Crippen molar-refractivity contribution >= 4 is 40.8 Å². The molecular formula is C16H10Cl2F3NO4. The van der Waals surface area contributed by atoms with Crippen molar-refractivity contribution in [2.45, 2.75) is 6.18 Å². The van der Waals surface area contributed by atoms with Crippen LogP contribution in [0.15, 0.2) is 36.4 Å². The number of halogens is 5. The number of benzene rings is 2. The topological polar surface area (TPSA) is 75.6 Å². The number of rotatable bonds is 4. The number of nitrogens with one attached hydrogen (secondary N) is 1. The van der Waals surface area contributed by atoms with Gasteiger partial charge < -0.3 is 15.2 Å². The van der Waals surface area contributed by atoms with Crippen molar-refractivity contribution in [2.75, 3.05) is 11.9 Å². The Morgan fingerprint density at radius 1 is 1.12 bits per heavy atom. The van der Waals surface area contributed by atoms with Crippen molar-refractivity contribution in [3.05, 3.63) is 57.6 Å². The van der Waals surface area contributed by atoms with Gasteiger partial charge in [-0.05, 0) is 30.3 Å². The van der Waals surface area contributed by atoms with Crippen LogP contribution < -0.4 is 5.32 Å². The van der Waals surface area contributed by atoms with Crippen LogP contribution in [0, 0.1) is 0 Å². The first-order valence-corrected chi connectivity index (χ1v) is 7.66. The van der Waals surface area contributed by atoms with Crippen LogP contribution in [0.3, 0.4) is 0 Å². The number of carbonyl (C=O) groups is 2. The van der Waals surface area contributed by atoms with E-state index >= 15 is 0 Å².